The van der Waals surface area contributed by atoms with Crippen LogP contribution in [0.2, 0.25) is 0 Å². The maximum absolute atomic E-state index is 11.6. The second-order valence-corrected chi connectivity index (χ2v) is 4.25. The van der Waals surface area contributed by atoms with Crippen LogP contribution >= 0.6 is 11.6 Å². The molecular formula is C13H13ClO6. The monoisotopic (exact) mass is 300 g/mol. The van der Waals surface area contributed by atoms with Crippen LogP contribution in [0.25, 0.3) is 0 Å². The zero-order valence-electron chi connectivity index (χ0n) is 10.7. The molecule has 0 heterocycles. The lowest BCUT2D eigenvalue weighted by Crippen LogP contribution is -2.12. The van der Waals surface area contributed by atoms with Gasteiger partial charge in [-0.2, -0.15) is 0 Å². The molecule has 0 radical (unpaired) electrons. The average molecular weight is 301 g/mol. The topological polar surface area (TPSA) is 89.9 Å². The van der Waals surface area contributed by atoms with Crippen molar-refractivity contribution >= 4 is 28.8 Å². The number of methoxy groups -OCH3 is 1. The van der Waals surface area contributed by atoms with Gasteiger partial charge >= 0.3 is 11.9 Å². The van der Waals surface area contributed by atoms with Gasteiger partial charge in [0.25, 0.3) is 0 Å². The number of rotatable bonds is 6. The van der Waals surface area contributed by atoms with Crippen molar-refractivity contribution < 1.29 is 29.0 Å². The van der Waals surface area contributed by atoms with E-state index in [0.29, 0.717) is 0 Å². The zero-order valence-corrected chi connectivity index (χ0v) is 11.5. The average Bonchev–Trinajstić information content (AvgIpc) is 2.37. The molecule has 0 spiro atoms. The standard InChI is InChI=1S/C13H13ClO6/c1-19-13(18)12-8(15)4-2-5-9(12)20-11(17)7-3-6-10(14)16/h2,4-5,15H,3,6-7H2,1H3. The summed E-state index contributed by atoms with van der Waals surface area (Å²) in [5, 5.41) is 9.06. The fourth-order valence-corrected chi connectivity index (χ4v) is 1.59. The van der Waals surface area contributed by atoms with E-state index in [1.165, 1.54) is 18.2 Å². The molecule has 6 nitrogen and oxygen atoms in total. The largest absolute Gasteiger partial charge is 0.507 e. The van der Waals surface area contributed by atoms with E-state index in [2.05, 4.69) is 4.74 Å². The summed E-state index contributed by atoms with van der Waals surface area (Å²) in [4.78, 5) is 33.6. The van der Waals surface area contributed by atoms with Gasteiger partial charge in [-0.3, -0.25) is 9.59 Å². The fraction of sp³-hybridized carbons (Fsp3) is 0.308. The lowest BCUT2D eigenvalue weighted by Gasteiger charge is -2.09. The van der Waals surface area contributed by atoms with Gasteiger partial charge in [0, 0.05) is 12.8 Å². The molecule has 0 fully saturated rings. The highest BCUT2D eigenvalue weighted by atomic mass is 35.5. The number of ether oxygens (including phenoxy) is 2. The number of halogens is 1. The third-order valence-electron chi connectivity index (χ3n) is 2.37. The maximum atomic E-state index is 11.6. The Bertz CT molecular complexity index is 526. The van der Waals surface area contributed by atoms with Crippen molar-refractivity contribution in [2.24, 2.45) is 0 Å². The summed E-state index contributed by atoms with van der Waals surface area (Å²) in [7, 11) is 1.15. The van der Waals surface area contributed by atoms with Gasteiger partial charge in [-0.05, 0) is 30.2 Å². The van der Waals surface area contributed by atoms with E-state index in [-0.39, 0.29) is 36.3 Å². The highest BCUT2D eigenvalue weighted by Crippen LogP contribution is 2.28. The summed E-state index contributed by atoms with van der Waals surface area (Å²) < 4.78 is 9.48. The van der Waals surface area contributed by atoms with E-state index in [4.69, 9.17) is 16.3 Å². The SMILES string of the molecule is COC(=O)c1c(O)cccc1OC(=O)CCCC(=O)Cl. The molecule has 7 heteroatoms. The molecule has 0 saturated carbocycles. The molecule has 108 valence electrons. The summed E-state index contributed by atoms with van der Waals surface area (Å²) in [6.07, 6.45) is 0.267. The molecule has 0 bridgehead atoms. The molecule has 1 aromatic rings. The Labute approximate surface area is 120 Å². The molecule has 0 aliphatic rings. The van der Waals surface area contributed by atoms with E-state index in [1.807, 2.05) is 0 Å². The minimum atomic E-state index is -0.818. The number of hydrogen-bond acceptors (Lipinski definition) is 6. The van der Waals surface area contributed by atoms with Gasteiger partial charge in [-0.15, -0.1) is 0 Å². The van der Waals surface area contributed by atoms with Crippen molar-refractivity contribution in [3.63, 3.8) is 0 Å². The second-order valence-electron chi connectivity index (χ2n) is 3.82. The molecule has 1 N–H and O–H groups in total. The molecule has 0 saturated heterocycles. The number of phenolic OH excluding ortho intramolecular Hbond substituents is 1. The highest BCUT2D eigenvalue weighted by Gasteiger charge is 2.20. The molecule has 1 aromatic carbocycles. The van der Waals surface area contributed by atoms with Gasteiger partial charge in [-0.25, -0.2) is 4.79 Å². The Morgan fingerprint density at radius 1 is 1.25 bits per heavy atom. The van der Waals surface area contributed by atoms with Crippen LogP contribution in [0.4, 0.5) is 0 Å². The molecule has 1 rings (SSSR count). The lowest BCUT2D eigenvalue weighted by molar-refractivity contribution is -0.134. The number of phenols is 1. The first-order valence-corrected chi connectivity index (χ1v) is 6.12. The maximum Gasteiger partial charge on any atom is 0.345 e. The van der Waals surface area contributed by atoms with Gasteiger partial charge in [0.2, 0.25) is 5.24 Å². The first kappa shape index (κ1) is 16.0. The van der Waals surface area contributed by atoms with Crippen LogP contribution in [0.5, 0.6) is 11.5 Å². The number of carbonyl (C=O) groups excluding carboxylic acids is 3. The van der Waals surface area contributed by atoms with Crippen LogP contribution in [0.3, 0.4) is 0 Å². The summed E-state index contributed by atoms with van der Waals surface area (Å²) >= 11 is 5.14. The predicted octanol–water partition coefficient (Wildman–Crippen LogP) is 2.02. The first-order chi connectivity index (χ1) is 9.45. The van der Waals surface area contributed by atoms with E-state index >= 15 is 0 Å². The van der Waals surface area contributed by atoms with Gasteiger partial charge in [0.15, 0.2) is 0 Å². The summed E-state index contributed by atoms with van der Waals surface area (Å²) in [6.45, 7) is 0. The van der Waals surface area contributed by atoms with Gasteiger partial charge in [0.05, 0.1) is 7.11 Å². The van der Waals surface area contributed by atoms with Crippen molar-refractivity contribution in [1.82, 2.24) is 0 Å². The normalized spacial score (nSPS) is 9.90. The van der Waals surface area contributed by atoms with E-state index < -0.39 is 17.2 Å². The van der Waals surface area contributed by atoms with Crippen LogP contribution in [0, 0.1) is 0 Å². The Hall–Kier alpha value is -2.08. The summed E-state index contributed by atoms with van der Waals surface area (Å²) in [5.41, 5.74) is -0.225. The first-order valence-electron chi connectivity index (χ1n) is 5.75. The van der Waals surface area contributed by atoms with Crippen LogP contribution in [-0.4, -0.2) is 29.4 Å². The van der Waals surface area contributed by atoms with Crippen molar-refractivity contribution in [3.05, 3.63) is 23.8 Å². The molecule has 0 atom stereocenters. The molecular weight excluding hydrogens is 288 g/mol. The van der Waals surface area contributed by atoms with Gasteiger partial charge in [-0.1, -0.05) is 6.07 Å². The third-order valence-corrected chi connectivity index (χ3v) is 2.56. The highest BCUT2D eigenvalue weighted by molar-refractivity contribution is 6.63. The fourth-order valence-electron chi connectivity index (χ4n) is 1.46. The Kier molecular flexibility index (Phi) is 5.99. The minimum Gasteiger partial charge on any atom is -0.507 e. The van der Waals surface area contributed by atoms with Crippen LogP contribution in [-0.2, 0) is 14.3 Å². The molecule has 0 aliphatic carbocycles. The van der Waals surface area contributed by atoms with Crippen LogP contribution in [0.15, 0.2) is 18.2 Å². The van der Waals surface area contributed by atoms with E-state index in [0.717, 1.165) is 7.11 Å². The minimum absolute atomic E-state index is 0.0330. The van der Waals surface area contributed by atoms with E-state index in [1.54, 1.807) is 0 Å². The second kappa shape index (κ2) is 7.49. The van der Waals surface area contributed by atoms with Gasteiger partial charge in [0.1, 0.15) is 17.1 Å². The van der Waals surface area contributed by atoms with E-state index in [9.17, 15) is 19.5 Å². The molecule has 20 heavy (non-hydrogen) atoms. The quantitative estimate of drug-likeness (QED) is 0.491. The van der Waals surface area contributed by atoms with Crippen molar-refractivity contribution in [2.45, 2.75) is 19.3 Å². The number of esters is 2. The Morgan fingerprint density at radius 2 is 1.95 bits per heavy atom. The molecule has 0 unspecified atom stereocenters. The van der Waals surface area contributed by atoms with Crippen molar-refractivity contribution in [2.75, 3.05) is 7.11 Å². The van der Waals surface area contributed by atoms with Crippen LogP contribution in [0.1, 0.15) is 29.6 Å². The van der Waals surface area contributed by atoms with Crippen molar-refractivity contribution in [1.29, 1.82) is 0 Å². The Morgan fingerprint density at radius 3 is 2.55 bits per heavy atom. The predicted molar refractivity (Wildman–Crippen MR) is 69.8 cm³/mol. The number of hydrogen-bond donors (Lipinski definition) is 1. The number of carbonyl (C=O) groups is 3. The molecule has 0 aromatic heterocycles. The summed E-state index contributed by atoms with van der Waals surface area (Å²) in [5.74, 6) is -1.90. The molecule has 0 amide bonds. The van der Waals surface area contributed by atoms with Crippen molar-refractivity contribution in [3.8, 4) is 11.5 Å². The van der Waals surface area contributed by atoms with Crippen LogP contribution < -0.4 is 4.74 Å². The smallest absolute Gasteiger partial charge is 0.345 e. The zero-order chi connectivity index (χ0) is 15.1. The van der Waals surface area contributed by atoms with Gasteiger partial charge < -0.3 is 14.6 Å². The molecule has 0 aliphatic heterocycles. The summed E-state index contributed by atoms with van der Waals surface area (Å²) in [6, 6.07) is 4.05. The Balaban J connectivity index is 2.77. The lowest BCUT2D eigenvalue weighted by atomic mass is 10.2. The number of aromatic hydroxyl groups is 1. The number of benzene rings is 1. The third kappa shape index (κ3) is 4.55.